The van der Waals surface area contributed by atoms with Crippen molar-refractivity contribution >= 4 is 23.5 Å². The molecule has 3 aromatic heterocycles. The number of pyridine rings is 2. The van der Waals surface area contributed by atoms with Crippen molar-refractivity contribution < 1.29 is 22.8 Å². The smallest absolute Gasteiger partial charge is 0.273 e. The van der Waals surface area contributed by atoms with Gasteiger partial charge >= 0.3 is 0 Å². The minimum atomic E-state index is -3.03. The van der Waals surface area contributed by atoms with Gasteiger partial charge in [0, 0.05) is 49.3 Å². The lowest BCUT2D eigenvalue weighted by Crippen LogP contribution is -2.55. The molecule has 0 bridgehead atoms. The van der Waals surface area contributed by atoms with Crippen LogP contribution in [0, 0.1) is 12.7 Å². The maximum absolute atomic E-state index is 14.7. The van der Waals surface area contributed by atoms with E-state index < -0.39 is 30.2 Å². The van der Waals surface area contributed by atoms with Crippen LogP contribution in [-0.2, 0) is 17.8 Å². The summed E-state index contributed by atoms with van der Waals surface area (Å²) in [5.74, 6) is -3.91. The number of carbonyl (C=O) groups is 2. The molecule has 0 aromatic carbocycles. The van der Waals surface area contributed by atoms with Crippen molar-refractivity contribution in [3.05, 3.63) is 53.4 Å². The zero-order valence-electron chi connectivity index (χ0n) is 21.1. The number of anilines is 2. The molecule has 0 spiro atoms. The predicted octanol–water partition coefficient (Wildman–Crippen LogP) is 3.85. The fraction of sp³-hybridized carbons (Fsp3) is 0.423. The van der Waals surface area contributed by atoms with Gasteiger partial charge in [-0.05, 0) is 43.9 Å². The van der Waals surface area contributed by atoms with E-state index >= 15 is 0 Å². The Bertz CT molecular complexity index is 1390. The first kappa shape index (κ1) is 25.7. The molecule has 12 heteroatoms. The second-order valence-electron chi connectivity index (χ2n) is 9.79. The van der Waals surface area contributed by atoms with Crippen molar-refractivity contribution in [2.45, 2.75) is 58.0 Å². The summed E-state index contributed by atoms with van der Waals surface area (Å²) in [5, 5.41) is 9.95. The minimum absolute atomic E-state index is 0.0114. The second kappa shape index (κ2) is 10.1. The van der Waals surface area contributed by atoms with Gasteiger partial charge in [-0.25, -0.2) is 23.1 Å². The average molecular weight is 528 g/mol. The summed E-state index contributed by atoms with van der Waals surface area (Å²) in [5.41, 5.74) is 2.54. The monoisotopic (exact) mass is 527 g/mol. The highest BCUT2D eigenvalue weighted by Gasteiger charge is 2.42. The summed E-state index contributed by atoms with van der Waals surface area (Å²) in [6.07, 6.45) is 4.20. The third kappa shape index (κ3) is 5.20. The van der Waals surface area contributed by atoms with Gasteiger partial charge in [0.05, 0.1) is 18.9 Å². The molecule has 0 unspecified atom stereocenters. The summed E-state index contributed by atoms with van der Waals surface area (Å²) in [6.45, 7) is 3.12. The van der Waals surface area contributed by atoms with E-state index in [0.717, 1.165) is 36.2 Å². The van der Waals surface area contributed by atoms with Crippen molar-refractivity contribution in [1.82, 2.24) is 30.0 Å². The largest absolute Gasteiger partial charge is 0.354 e. The first-order valence-electron chi connectivity index (χ1n) is 12.5. The Labute approximate surface area is 217 Å². The molecule has 0 radical (unpaired) electrons. The average Bonchev–Trinajstić information content (AvgIpc) is 3.49. The lowest BCUT2D eigenvalue weighted by molar-refractivity contribution is -0.119. The van der Waals surface area contributed by atoms with Crippen LogP contribution in [0.4, 0.5) is 24.8 Å². The number of hydrogen-bond acceptors (Lipinski definition) is 6. The van der Waals surface area contributed by atoms with Gasteiger partial charge in [0.1, 0.15) is 23.1 Å². The third-order valence-electron chi connectivity index (χ3n) is 6.97. The number of piperidine rings is 1. The zero-order chi connectivity index (χ0) is 27.0. The highest BCUT2D eigenvalue weighted by Crippen LogP contribution is 2.33. The number of nitrogens with zero attached hydrogens (tertiary/aromatic N) is 5. The SMILES string of the molecule is CC(=O)NC[C@H]1CCC(F)(F)CN1C(=O)c1nc(Nc2cc(-c3cnn4c3CCC4)c(F)cn2)ccc1C. The predicted molar refractivity (Wildman–Crippen MR) is 134 cm³/mol. The summed E-state index contributed by atoms with van der Waals surface area (Å²) in [4.78, 5) is 34.4. The molecule has 2 aliphatic heterocycles. The van der Waals surface area contributed by atoms with Crippen LogP contribution in [0.3, 0.4) is 0 Å². The van der Waals surface area contributed by atoms with Crippen molar-refractivity contribution in [3.8, 4) is 11.1 Å². The highest BCUT2D eigenvalue weighted by molar-refractivity contribution is 5.94. The van der Waals surface area contributed by atoms with E-state index in [0.29, 0.717) is 22.5 Å². The Kier molecular flexibility index (Phi) is 6.80. The number of rotatable bonds is 6. The zero-order valence-corrected chi connectivity index (χ0v) is 21.1. The van der Waals surface area contributed by atoms with Crippen molar-refractivity contribution in [1.29, 1.82) is 0 Å². The molecule has 5 heterocycles. The third-order valence-corrected chi connectivity index (χ3v) is 6.97. The van der Waals surface area contributed by atoms with Crippen molar-refractivity contribution in [2.24, 2.45) is 0 Å². The second-order valence-corrected chi connectivity index (χ2v) is 9.79. The molecule has 200 valence electrons. The number of likely N-dealkylation sites (tertiary alicyclic amines) is 1. The Morgan fingerprint density at radius 3 is 2.79 bits per heavy atom. The Morgan fingerprint density at radius 1 is 1.18 bits per heavy atom. The van der Waals surface area contributed by atoms with Crippen LogP contribution in [0.5, 0.6) is 0 Å². The van der Waals surface area contributed by atoms with Gasteiger partial charge in [0.25, 0.3) is 11.8 Å². The van der Waals surface area contributed by atoms with Gasteiger partial charge in [-0.3, -0.25) is 14.3 Å². The molecule has 1 saturated heterocycles. The summed E-state index contributed by atoms with van der Waals surface area (Å²) >= 11 is 0. The molecule has 38 heavy (non-hydrogen) atoms. The van der Waals surface area contributed by atoms with Crippen LogP contribution in [-0.4, -0.2) is 61.5 Å². The standard InChI is InChI=1S/C26H28F3N7O2/c1-15-5-6-22(33-23-10-18(20(27)13-31-23)19-12-32-36-9-3-4-21(19)36)34-24(15)25(38)35-14-26(28,29)8-7-17(35)11-30-16(2)37/h5-6,10,12-13,17H,3-4,7-9,11,14H2,1-2H3,(H,30,37)(H,31,33,34)/t17-/m1/s1. The lowest BCUT2D eigenvalue weighted by Gasteiger charge is -2.39. The molecular weight excluding hydrogens is 499 g/mol. The Balaban J connectivity index is 1.40. The number of aromatic nitrogens is 4. The maximum Gasteiger partial charge on any atom is 0.273 e. The van der Waals surface area contributed by atoms with Crippen LogP contribution >= 0.6 is 0 Å². The van der Waals surface area contributed by atoms with E-state index in [2.05, 4.69) is 25.7 Å². The number of aryl methyl sites for hydroxylation is 2. The van der Waals surface area contributed by atoms with Crippen LogP contribution in [0.25, 0.3) is 11.1 Å². The van der Waals surface area contributed by atoms with Gasteiger partial charge < -0.3 is 15.5 Å². The molecule has 0 saturated carbocycles. The van der Waals surface area contributed by atoms with E-state index in [9.17, 15) is 22.8 Å². The Hall–Kier alpha value is -3.96. The fourth-order valence-corrected chi connectivity index (χ4v) is 4.99. The lowest BCUT2D eigenvalue weighted by atomic mass is 9.98. The minimum Gasteiger partial charge on any atom is -0.354 e. The Morgan fingerprint density at radius 2 is 2.00 bits per heavy atom. The molecule has 1 atom stereocenters. The first-order chi connectivity index (χ1) is 18.1. The van der Waals surface area contributed by atoms with E-state index in [-0.39, 0.29) is 36.8 Å². The first-order valence-corrected chi connectivity index (χ1v) is 12.5. The summed E-state index contributed by atoms with van der Waals surface area (Å²) in [6, 6.07) is 4.27. The molecule has 3 aromatic rings. The van der Waals surface area contributed by atoms with E-state index in [4.69, 9.17) is 0 Å². The number of nitrogens with one attached hydrogen (secondary N) is 2. The fourth-order valence-electron chi connectivity index (χ4n) is 4.99. The molecular formula is C26H28F3N7O2. The van der Waals surface area contributed by atoms with Gasteiger partial charge in [-0.15, -0.1) is 0 Å². The summed E-state index contributed by atoms with van der Waals surface area (Å²) < 4.78 is 45.1. The molecule has 0 aliphatic carbocycles. The van der Waals surface area contributed by atoms with Crippen molar-refractivity contribution in [3.63, 3.8) is 0 Å². The molecule has 2 aliphatic rings. The van der Waals surface area contributed by atoms with E-state index in [1.165, 1.54) is 6.92 Å². The van der Waals surface area contributed by atoms with Gasteiger partial charge in [0.2, 0.25) is 5.91 Å². The number of fused-ring (bicyclic) bond motifs is 1. The number of hydrogen-bond donors (Lipinski definition) is 2. The van der Waals surface area contributed by atoms with Crippen LogP contribution in [0.15, 0.2) is 30.6 Å². The maximum atomic E-state index is 14.7. The highest BCUT2D eigenvalue weighted by atomic mass is 19.3. The van der Waals surface area contributed by atoms with Crippen LogP contribution in [0.1, 0.15) is 47.9 Å². The molecule has 9 nitrogen and oxygen atoms in total. The van der Waals surface area contributed by atoms with E-state index in [1.807, 2.05) is 4.68 Å². The summed E-state index contributed by atoms with van der Waals surface area (Å²) in [7, 11) is 0. The van der Waals surface area contributed by atoms with Gasteiger partial charge in [0.15, 0.2) is 0 Å². The normalized spacial score (nSPS) is 18.2. The molecule has 2 amide bonds. The van der Waals surface area contributed by atoms with E-state index in [1.54, 1.807) is 31.3 Å². The van der Waals surface area contributed by atoms with Gasteiger partial charge in [-0.2, -0.15) is 5.10 Å². The molecule has 1 fully saturated rings. The molecule has 5 rings (SSSR count). The quantitative estimate of drug-likeness (QED) is 0.505. The number of alkyl halides is 2. The topological polar surface area (TPSA) is 105 Å². The molecule has 2 N–H and O–H groups in total. The number of carbonyl (C=O) groups excluding carboxylic acids is 2. The number of amides is 2. The van der Waals surface area contributed by atoms with Gasteiger partial charge in [-0.1, -0.05) is 6.07 Å². The van der Waals surface area contributed by atoms with Crippen molar-refractivity contribution in [2.75, 3.05) is 18.4 Å². The van der Waals surface area contributed by atoms with Crippen LogP contribution < -0.4 is 10.6 Å². The van der Waals surface area contributed by atoms with Crippen LogP contribution in [0.2, 0.25) is 0 Å². The number of halogens is 3.